The second-order valence-corrected chi connectivity index (χ2v) is 4.22. The lowest BCUT2D eigenvalue weighted by Crippen LogP contribution is -2.07. The number of phenols is 1. The monoisotopic (exact) mass is 274 g/mol. The van der Waals surface area contributed by atoms with Gasteiger partial charge in [0.05, 0.1) is 11.7 Å². The van der Waals surface area contributed by atoms with Gasteiger partial charge in [0.1, 0.15) is 11.3 Å². The van der Waals surface area contributed by atoms with Gasteiger partial charge >= 0.3 is 0 Å². The smallest absolute Gasteiger partial charge is 0.258 e. The van der Waals surface area contributed by atoms with E-state index in [1.807, 2.05) is 0 Å². The number of fused-ring (bicyclic) bond motifs is 1. The van der Waals surface area contributed by atoms with Crippen LogP contribution in [0.2, 0.25) is 0 Å². The fourth-order valence-corrected chi connectivity index (χ4v) is 2.01. The van der Waals surface area contributed by atoms with E-state index >= 15 is 0 Å². The maximum Gasteiger partial charge on any atom is 0.258 e. The molecule has 0 fully saturated rings. The van der Waals surface area contributed by atoms with Crippen molar-refractivity contribution in [2.24, 2.45) is 0 Å². The first-order chi connectivity index (χ1) is 9.58. The van der Waals surface area contributed by atoms with Gasteiger partial charge in [-0.05, 0) is 23.8 Å². The molecule has 3 aromatic rings. The lowest BCUT2D eigenvalue weighted by Gasteiger charge is -2.07. The molecule has 3 rings (SSSR count). The molecule has 0 atom stereocenters. The van der Waals surface area contributed by atoms with Crippen molar-refractivity contribution in [2.75, 3.05) is 0 Å². The van der Waals surface area contributed by atoms with Crippen molar-refractivity contribution in [3.8, 4) is 16.9 Å². The molecular weight excluding hydrogens is 266 g/mol. The number of aromatic amines is 1. The van der Waals surface area contributed by atoms with E-state index in [0.717, 1.165) is 6.33 Å². The fraction of sp³-hybridized carbons (Fsp3) is 0. The molecule has 0 saturated carbocycles. The zero-order valence-corrected chi connectivity index (χ0v) is 10.0. The molecule has 0 aliphatic carbocycles. The number of aromatic hydroxyl groups is 1. The highest BCUT2D eigenvalue weighted by Crippen LogP contribution is 2.33. The van der Waals surface area contributed by atoms with Gasteiger partial charge in [-0.15, -0.1) is 0 Å². The largest absolute Gasteiger partial charge is 0.503 e. The first-order valence-electron chi connectivity index (χ1n) is 5.72. The Balaban J connectivity index is 2.37. The van der Waals surface area contributed by atoms with Gasteiger partial charge in [0.2, 0.25) is 0 Å². The van der Waals surface area contributed by atoms with Crippen LogP contribution in [0.4, 0.5) is 8.78 Å². The molecule has 6 heteroatoms. The summed E-state index contributed by atoms with van der Waals surface area (Å²) in [5.74, 6) is -2.06. The van der Waals surface area contributed by atoms with E-state index < -0.39 is 22.9 Å². The maximum absolute atomic E-state index is 14.2. The third-order valence-electron chi connectivity index (χ3n) is 3.00. The Hall–Kier alpha value is -2.76. The number of nitrogens with zero attached hydrogens (tertiary/aromatic N) is 1. The van der Waals surface area contributed by atoms with Crippen LogP contribution in [0.1, 0.15) is 0 Å². The van der Waals surface area contributed by atoms with Crippen LogP contribution >= 0.6 is 0 Å². The minimum atomic E-state index is -0.901. The first kappa shape index (κ1) is 12.3. The van der Waals surface area contributed by atoms with Gasteiger partial charge in [-0.3, -0.25) is 4.79 Å². The van der Waals surface area contributed by atoms with E-state index in [2.05, 4.69) is 9.97 Å². The Labute approximate surface area is 111 Å². The highest BCUT2D eigenvalue weighted by atomic mass is 19.1. The molecule has 20 heavy (non-hydrogen) atoms. The molecule has 0 unspecified atom stereocenters. The predicted octanol–water partition coefficient (Wildman–Crippen LogP) is 2.57. The Morgan fingerprint density at radius 2 is 1.85 bits per heavy atom. The molecule has 2 aromatic carbocycles. The number of hydrogen-bond donors (Lipinski definition) is 2. The zero-order chi connectivity index (χ0) is 14.3. The molecule has 2 N–H and O–H groups in total. The van der Waals surface area contributed by atoms with Gasteiger partial charge in [0, 0.05) is 5.56 Å². The van der Waals surface area contributed by atoms with Gasteiger partial charge in [-0.2, -0.15) is 0 Å². The summed E-state index contributed by atoms with van der Waals surface area (Å²) >= 11 is 0. The van der Waals surface area contributed by atoms with Gasteiger partial charge in [-0.1, -0.05) is 12.1 Å². The minimum absolute atomic E-state index is 0.00787. The number of H-pyrrole nitrogens is 1. The van der Waals surface area contributed by atoms with Crippen molar-refractivity contribution in [1.29, 1.82) is 0 Å². The van der Waals surface area contributed by atoms with Gasteiger partial charge < -0.3 is 10.1 Å². The molecule has 1 aromatic heterocycles. The predicted molar refractivity (Wildman–Crippen MR) is 69.4 cm³/mol. The highest BCUT2D eigenvalue weighted by molar-refractivity contribution is 5.89. The number of benzene rings is 2. The number of nitrogens with one attached hydrogen (secondary N) is 1. The zero-order valence-electron chi connectivity index (χ0n) is 10.0. The van der Waals surface area contributed by atoms with Crippen LogP contribution in [0.3, 0.4) is 0 Å². The van der Waals surface area contributed by atoms with Crippen molar-refractivity contribution in [1.82, 2.24) is 9.97 Å². The minimum Gasteiger partial charge on any atom is -0.503 e. The standard InChI is InChI=1S/C14H8F2N2O2/c15-8-3-1-7(2-4-8)9-5-10-12(13(19)11(9)16)17-6-18-14(10)20/h1-6,19H,(H,17,18,20). The maximum atomic E-state index is 14.2. The van der Waals surface area contributed by atoms with Crippen molar-refractivity contribution >= 4 is 10.9 Å². The van der Waals surface area contributed by atoms with Crippen LogP contribution in [0.5, 0.6) is 5.75 Å². The van der Waals surface area contributed by atoms with E-state index in [4.69, 9.17) is 0 Å². The quantitative estimate of drug-likeness (QED) is 0.716. The SMILES string of the molecule is O=c1[nH]cnc2c(O)c(F)c(-c3ccc(F)cc3)cc12. The Morgan fingerprint density at radius 1 is 1.15 bits per heavy atom. The molecule has 4 nitrogen and oxygen atoms in total. The number of hydrogen-bond acceptors (Lipinski definition) is 3. The second-order valence-electron chi connectivity index (χ2n) is 4.22. The van der Waals surface area contributed by atoms with Crippen LogP contribution in [-0.2, 0) is 0 Å². The topological polar surface area (TPSA) is 66.0 Å². The Morgan fingerprint density at radius 3 is 2.55 bits per heavy atom. The van der Waals surface area contributed by atoms with E-state index in [1.165, 1.54) is 30.3 Å². The molecule has 1 heterocycles. The summed E-state index contributed by atoms with van der Waals surface area (Å²) < 4.78 is 27.0. The van der Waals surface area contributed by atoms with E-state index in [0.29, 0.717) is 5.56 Å². The van der Waals surface area contributed by atoms with E-state index in [1.54, 1.807) is 0 Å². The number of phenolic OH excluding ortho intramolecular Hbond substituents is 1. The van der Waals surface area contributed by atoms with E-state index in [-0.39, 0.29) is 16.5 Å². The van der Waals surface area contributed by atoms with Crippen LogP contribution in [-0.4, -0.2) is 15.1 Å². The van der Waals surface area contributed by atoms with Gasteiger partial charge in [-0.25, -0.2) is 13.8 Å². The van der Waals surface area contributed by atoms with Crippen molar-refractivity contribution in [3.63, 3.8) is 0 Å². The summed E-state index contributed by atoms with van der Waals surface area (Å²) in [6.07, 6.45) is 1.08. The van der Waals surface area contributed by atoms with Crippen LogP contribution in [0.25, 0.3) is 22.0 Å². The van der Waals surface area contributed by atoms with Crippen molar-refractivity contribution in [3.05, 3.63) is 58.6 Å². The summed E-state index contributed by atoms with van der Waals surface area (Å²) in [7, 11) is 0. The highest BCUT2D eigenvalue weighted by Gasteiger charge is 2.16. The van der Waals surface area contributed by atoms with Crippen LogP contribution in [0, 0.1) is 11.6 Å². The third kappa shape index (κ3) is 1.82. The fourth-order valence-electron chi connectivity index (χ4n) is 2.01. The second kappa shape index (κ2) is 4.41. The molecule has 100 valence electrons. The summed E-state index contributed by atoms with van der Waals surface area (Å²) in [6, 6.07) is 6.35. The van der Waals surface area contributed by atoms with Gasteiger partial charge in [0.15, 0.2) is 11.6 Å². The summed E-state index contributed by atoms with van der Waals surface area (Å²) in [6.45, 7) is 0. The summed E-state index contributed by atoms with van der Waals surface area (Å²) in [5, 5.41) is 9.88. The first-order valence-corrected chi connectivity index (χ1v) is 5.72. The summed E-state index contributed by atoms with van der Waals surface area (Å²) in [4.78, 5) is 17.8. The lowest BCUT2D eigenvalue weighted by atomic mass is 10.0. The molecule has 0 bridgehead atoms. The summed E-state index contributed by atoms with van der Waals surface area (Å²) in [5.41, 5.74) is -0.247. The van der Waals surface area contributed by atoms with Crippen LogP contribution < -0.4 is 5.56 Å². The normalized spacial score (nSPS) is 10.9. The van der Waals surface area contributed by atoms with E-state index in [9.17, 15) is 18.7 Å². The Kier molecular flexibility index (Phi) is 2.71. The molecule has 0 saturated heterocycles. The lowest BCUT2D eigenvalue weighted by molar-refractivity contribution is 0.438. The van der Waals surface area contributed by atoms with Crippen molar-refractivity contribution in [2.45, 2.75) is 0 Å². The molecule has 0 radical (unpaired) electrons. The third-order valence-corrected chi connectivity index (χ3v) is 3.00. The molecule has 0 spiro atoms. The molecule has 0 amide bonds. The number of rotatable bonds is 1. The average Bonchev–Trinajstić information content (AvgIpc) is 2.45. The molecule has 0 aliphatic rings. The number of aromatic nitrogens is 2. The van der Waals surface area contributed by atoms with Crippen LogP contribution in [0.15, 0.2) is 41.5 Å². The average molecular weight is 274 g/mol. The number of halogens is 2. The Bertz CT molecular complexity index is 857. The molecule has 0 aliphatic heterocycles. The van der Waals surface area contributed by atoms with Gasteiger partial charge in [0.25, 0.3) is 5.56 Å². The van der Waals surface area contributed by atoms with Crippen molar-refractivity contribution < 1.29 is 13.9 Å². The molecular formula is C14H8F2N2O2.